The summed E-state index contributed by atoms with van der Waals surface area (Å²) in [5.74, 6) is 0.433. The molecule has 2 unspecified atom stereocenters. The maximum absolute atomic E-state index is 12.7. The molecule has 1 aromatic carbocycles. The Kier molecular flexibility index (Phi) is 4.05. The van der Waals surface area contributed by atoms with Crippen molar-refractivity contribution in [3.05, 3.63) is 29.8 Å². The van der Waals surface area contributed by atoms with E-state index in [1.165, 1.54) is 0 Å². The molecule has 0 saturated carbocycles. The number of benzene rings is 1. The van der Waals surface area contributed by atoms with Crippen LogP contribution in [0.15, 0.2) is 29.2 Å². The molecule has 21 heavy (non-hydrogen) atoms. The van der Waals surface area contributed by atoms with Gasteiger partial charge in [0.2, 0.25) is 0 Å². The molecule has 1 aromatic rings. The van der Waals surface area contributed by atoms with Crippen molar-refractivity contribution < 1.29 is 13.2 Å². The minimum absolute atomic E-state index is 0.130. The molecule has 0 bridgehead atoms. The molecule has 2 fully saturated rings. The van der Waals surface area contributed by atoms with Crippen molar-refractivity contribution in [2.75, 3.05) is 33.4 Å². The van der Waals surface area contributed by atoms with Gasteiger partial charge in [-0.3, -0.25) is 4.90 Å². The second-order valence-corrected chi connectivity index (χ2v) is 8.23. The average molecular weight is 310 g/mol. The van der Waals surface area contributed by atoms with Gasteiger partial charge in [0.05, 0.1) is 18.1 Å². The zero-order valence-corrected chi connectivity index (χ0v) is 13.1. The molecular weight excluding hydrogens is 288 g/mol. The van der Waals surface area contributed by atoms with E-state index >= 15 is 0 Å². The highest BCUT2D eigenvalue weighted by Gasteiger charge is 2.38. The molecule has 3 rings (SSSR count). The summed E-state index contributed by atoms with van der Waals surface area (Å²) >= 11 is 0. The van der Waals surface area contributed by atoms with Gasteiger partial charge in [-0.15, -0.1) is 0 Å². The Morgan fingerprint density at radius 3 is 2.62 bits per heavy atom. The van der Waals surface area contributed by atoms with Crippen LogP contribution in [0.2, 0.25) is 0 Å². The number of ether oxygens (including phenoxy) is 1. The van der Waals surface area contributed by atoms with Gasteiger partial charge < -0.3 is 10.5 Å². The van der Waals surface area contributed by atoms with E-state index in [1.54, 1.807) is 12.1 Å². The largest absolute Gasteiger partial charge is 0.379 e. The summed E-state index contributed by atoms with van der Waals surface area (Å²) < 4.78 is 30.5. The smallest absolute Gasteiger partial charge is 0.186 e. The molecule has 0 amide bonds. The van der Waals surface area contributed by atoms with Crippen LogP contribution in [0.1, 0.15) is 18.0 Å². The Bertz CT molecular complexity index is 613. The first-order valence-corrected chi connectivity index (χ1v) is 8.89. The number of hydrogen-bond donors (Lipinski definition) is 1. The molecule has 2 aliphatic rings. The third-order valence-corrected chi connectivity index (χ3v) is 6.73. The molecule has 0 radical (unpaired) electrons. The lowest BCUT2D eigenvalue weighted by molar-refractivity contribution is 0.0415. The van der Waals surface area contributed by atoms with E-state index in [1.807, 2.05) is 19.2 Å². The number of hydrogen-bond acceptors (Lipinski definition) is 5. The molecule has 2 heterocycles. The molecule has 0 spiro atoms. The van der Waals surface area contributed by atoms with E-state index < -0.39 is 15.1 Å². The Hall–Kier alpha value is -0.950. The van der Waals surface area contributed by atoms with E-state index in [9.17, 15) is 8.42 Å². The van der Waals surface area contributed by atoms with Crippen LogP contribution in [0.5, 0.6) is 0 Å². The van der Waals surface area contributed by atoms with Crippen molar-refractivity contribution in [1.82, 2.24) is 4.90 Å². The molecule has 6 heteroatoms. The van der Waals surface area contributed by atoms with Crippen molar-refractivity contribution in [2.45, 2.75) is 22.6 Å². The highest BCUT2D eigenvalue weighted by atomic mass is 32.2. The fourth-order valence-corrected chi connectivity index (χ4v) is 4.94. The third kappa shape index (κ3) is 2.61. The number of nitrogens with zero attached hydrogens (tertiary/aromatic N) is 1. The van der Waals surface area contributed by atoms with E-state index in [4.69, 9.17) is 10.5 Å². The van der Waals surface area contributed by atoms with Gasteiger partial charge in [0.1, 0.15) is 5.25 Å². The van der Waals surface area contributed by atoms with E-state index in [-0.39, 0.29) is 6.04 Å². The summed E-state index contributed by atoms with van der Waals surface area (Å²) in [6.45, 7) is 2.18. The summed E-state index contributed by atoms with van der Waals surface area (Å²) in [7, 11) is -1.26. The minimum atomic E-state index is -3.30. The molecule has 0 aliphatic carbocycles. The first kappa shape index (κ1) is 15.0. The number of sulfone groups is 1. The monoisotopic (exact) mass is 310 g/mol. The van der Waals surface area contributed by atoms with Crippen LogP contribution in [0.3, 0.4) is 0 Å². The minimum Gasteiger partial charge on any atom is -0.379 e. The Morgan fingerprint density at radius 1 is 1.33 bits per heavy atom. The van der Waals surface area contributed by atoms with Gasteiger partial charge in [0, 0.05) is 12.6 Å². The van der Waals surface area contributed by atoms with Crippen LogP contribution in [0.4, 0.5) is 0 Å². The lowest BCUT2D eigenvalue weighted by Crippen LogP contribution is -2.41. The number of likely N-dealkylation sites (tertiary alicyclic amines) is 1. The standard InChI is InChI=1S/C15H22N2O3S/c1-17-8-11(7-16)6-14(17)13-4-2-3-5-15(13)21(18,19)12-9-20-10-12/h2-5,11-12,14H,6-10,16H2,1H3. The lowest BCUT2D eigenvalue weighted by atomic mass is 10.00. The van der Waals surface area contributed by atoms with Gasteiger partial charge in [-0.1, -0.05) is 18.2 Å². The highest BCUT2D eigenvalue weighted by Crippen LogP contribution is 2.38. The summed E-state index contributed by atoms with van der Waals surface area (Å²) in [4.78, 5) is 2.68. The third-order valence-electron chi connectivity index (χ3n) is 4.60. The van der Waals surface area contributed by atoms with Crippen LogP contribution in [0.25, 0.3) is 0 Å². The first-order valence-electron chi connectivity index (χ1n) is 7.35. The predicted octanol–water partition coefficient (Wildman–Crippen LogP) is 0.811. The normalized spacial score (nSPS) is 27.7. The quantitative estimate of drug-likeness (QED) is 0.891. The van der Waals surface area contributed by atoms with Crippen LogP contribution in [-0.4, -0.2) is 51.9 Å². The highest BCUT2D eigenvalue weighted by molar-refractivity contribution is 7.92. The van der Waals surface area contributed by atoms with E-state index in [2.05, 4.69) is 4.90 Å². The van der Waals surface area contributed by atoms with Crippen LogP contribution in [0, 0.1) is 5.92 Å². The van der Waals surface area contributed by atoms with Gasteiger partial charge in [-0.25, -0.2) is 8.42 Å². The predicted molar refractivity (Wildman–Crippen MR) is 80.8 cm³/mol. The zero-order chi connectivity index (χ0) is 15.0. The summed E-state index contributed by atoms with van der Waals surface area (Å²) in [5.41, 5.74) is 6.68. The van der Waals surface area contributed by atoms with Gasteiger partial charge >= 0.3 is 0 Å². The molecule has 2 aliphatic heterocycles. The van der Waals surface area contributed by atoms with Gasteiger partial charge in [0.15, 0.2) is 9.84 Å². The lowest BCUT2D eigenvalue weighted by Gasteiger charge is -2.28. The van der Waals surface area contributed by atoms with Crippen molar-refractivity contribution in [3.8, 4) is 0 Å². The van der Waals surface area contributed by atoms with Gasteiger partial charge in [-0.2, -0.15) is 0 Å². The molecule has 0 aromatic heterocycles. The molecule has 2 N–H and O–H groups in total. The Morgan fingerprint density at radius 2 is 2.05 bits per heavy atom. The second-order valence-electron chi connectivity index (χ2n) is 6.04. The maximum Gasteiger partial charge on any atom is 0.186 e. The average Bonchev–Trinajstić information content (AvgIpc) is 2.77. The number of rotatable bonds is 4. The SMILES string of the molecule is CN1CC(CN)CC1c1ccccc1S(=O)(=O)C1COC1. The fourth-order valence-electron chi connectivity index (χ4n) is 3.23. The Labute approximate surface area is 126 Å². The van der Waals surface area contributed by atoms with Gasteiger partial charge in [-0.05, 0) is 37.6 Å². The molecule has 2 atom stereocenters. The van der Waals surface area contributed by atoms with Crippen molar-refractivity contribution >= 4 is 9.84 Å². The first-order chi connectivity index (χ1) is 10.0. The summed E-state index contributed by atoms with van der Waals surface area (Å²) in [5, 5.41) is -0.393. The van der Waals surface area contributed by atoms with Crippen LogP contribution in [-0.2, 0) is 14.6 Å². The van der Waals surface area contributed by atoms with Crippen LogP contribution >= 0.6 is 0 Å². The van der Waals surface area contributed by atoms with Crippen molar-refractivity contribution in [3.63, 3.8) is 0 Å². The fraction of sp³-hybridized carbons (Fsp3) is 0.600. The molecular formula is C15H22N2O3S. The van der Waals surface area contributed by atoms with E-state index in [0.717, 1.165) is 18.5 Å². The van der Waals surface area contributed by atoms with Crippen molar-refractivity contribution in [1.29, 1.82) is 0 Å². The maximum atomic E-state index is 12.7. The summed E-state index contributed by atoms with van der Waals surface area (Å²) in [6.07, 6.45) is 0.917. The van der Waals surface area contributed by atoms with E-state index in [0.29, 0.717) is 30.6 Å². The topological polar surface area (TPSA) is 72.6 Å². The zero-order valence-electron chi connectivity index (χ0n) is 12.2. The molecule has 5 nitrogen and oxygen atoms in total. The Balaban J connectivity index is 1.97. The number of nitrogens with two attached hydrogens (primary N) is 1. The van der Waals surface area contributed by atoms with Crippen LogP contribution < -0.4 is 5.73 Å². The van der Waals surface area contributed by atoms with Gasteiger partial charge in [0.25, 0.3) is 0 Å². The molecule has 2 saturated heterocycles. The van der Waals surface area contributed by atoms with Crippen molar-refractivity contribution in [2.24, 2.45) is 11.7 Å². The second kappa shape index (κ2) is 5.68. The summed E-state index contributed by atoms with van der Waals surface area (Å²) in [6, 6.07) is 7.50. The molecule has 116 valence electrons.